The van der Waals surface area contributed by atoms with Crippen LogP contribution in [0.3, 0.4) is 0 Å². The van der Waals surface area contributed by atoms with Gasteiger partial charge in [-0.3, -0.25) is 14.1 Å². The number of ketones is 1. The summed E-state index contributed by atoms with van der Waals surface area (Å²) in [4.78, 5) is 25.3. The Labute approximate surface area is 217 Å². The highest BCUT2D eigenvalue weighted by Crippen LogP contribution is 2.32. The molecule has 10 heteroatoms. The van der Waals surface area contributed by atoms with Crippen LogP contribution in [-0.4, -0.2) is 24.7 Å². The van der Waals surface area contributed by atoms with Gasteiger partial charge < -0.3 is 9.73 Å². The SMILES string of the molecule is O=C(Nc1ccc(CC(=O)C(c2ccccc2)S(=O)(=O)O)cc1)c1ccc(-c2ccc(Cl)cc2Cl)o1. The Hall–Kier alpha value is -3.43. The molecule has 4 aromatic rings. The Balaban J connectivity index is 1.43. The van der Waals surface area contributed by atoms with Crippen LogP contribution in [0.25, 0.3) is 11.3 Å². The van der Waals surface area contributed by atoms with E-state index >= 15 is 0 Å². The van der Waals surface area contributed by atoms with Gasteiger partial charge in [-0.05, 0) is 53.6 Å². The van der Waals surface area contributed by atoms with Gasteiger partial charge in [0, 0.05) is 22.7 Å². The zero-order chi connectivity index (χ0) is 25.9. The van der Waals surface area contributed by atoms with Crippen molar-refractivity contribution in [3.63, 3.8) is 0 Å². The maximum Gasteiger partial charge on any atom is 0.291 e. The fourth-order valence-electron chi connectivity index (χ4n) is 3.64. The van der Waals surface area contributed by atoms with Crippen LogP contribution >= 0.6 is 23.2 Å². The van der Waals surface area contributed by atoms with Crippen LogP contribution in [0.4, 0.5) is 5.69 Å². The van der Waals surface area contributed by atoms with Gasteiger partial charge in [0.2, 0.25) is 0 Å². The molecule has 0 aliphatic carbocycles. The average molecular weight is 544 g/mol. The maximum atomic E-state index is 12.7. The van der Waals surface area contributed by atoms with Crippen molar-refractivity contribution in [2.24, 2.45) is 0 Å². The molecule has 0 spiro atoms. The van der Waals surface area contributed by atoms with Crippen molar-refractivity contribution < 1.29 is 27.0 Å². The van der Waals surface area contributed by atoms with Crippen molar-refractivity contribution in [2.75, 3.05) is 5.32 Å². The second-order valence-electron chi connectivity index (χ2n) is 7.89. The third-order valence-corrected chi connectivity index (χ3v) is 6.99. The molecule has 0 radical (unpaired) electrons. The van der Waals surface area contributed by atoms with Gasteiger partial charge in [-0.25, -0.2) is 0 Å². The largest absolute Gasteiger partial charge is 0.451 e. The van der Waals surface area contributed by atoms with Crippen molar-refractivity contribution >= 4 is 50.7 Å². The third-order valence-electron chi connectivity index (χ3n) is 5.31. The van der Waals surface area contributed by atoms with Crippen LogP contribution in [0.15, 0.2) is 89.3 Å². The molecule has 1 unspecified atom stereocenters. The Morgan fingerprint density at radius 1 is 0.917 bits per heavy atom. The first kappa shape index (κ1) is 25.7. The van der Waals surface area contributed by atoms with Gasteiger partial charge in [0.15, 0.2) is 16.8 Å². The van der Waals surface area contributed by atoms with Gasteiger partial charge >= 0.3 is 0 Å². The Morgan fingerprint density at radius 3 is 2.25 bits per heavy atom. The average Bonchev–Trinajstić information content (AvgIpc) is 3.30. The molecule has 0 aliphatic rings. The maximum absolute atomic E-state index is 12.7. The molecule has 4 rings (SSSR count). The number of halogens is 2. The lowest BCUT2D eigenvalue weighted by molar-refractivity contribution is -0.118. The van der Waals surface area contributed by atoms with E-state index in [2.05, 4.69) is 5.32 Å². The van der Waals surface area contributed by atoms with Crippen LogP contribution in [-0.2, 0) is 21.3 Å². The molecule has 7 nitrogen and oxygen atoms in total. The van der Waals surface area contributed by atoms with E-state index < -0.39 is 27.1 Å². The summed E-state index contributed by atoms with van der Waals surface area (Å²) in [6.45, 7) is 0. The van der Waals surface area contributed by atoms with E-state index in [-0.39, 0.29) is 17.7 Å². The topological polar surface area (TPSA) is 114 Å². The van der Waals surface area contributed by atoms with E-state index in [0.717, 1.165) is 0 Å². The van der Waals surface area contributed by atoms with E-state index in [1.807, 2.05) is 0 Å². The highest BCUT2D eigenvalue weighted by Gasteiger charge is 2.32. The Morgan fingerprint density at radius 2 is 1.61 bits per heavy atom. The fourth-order valence-corrected chi connectivity index (χ4v) is 5.06. The molecule has 1 atom stereocenters. The van der Waals surface area contributed by atoms with Gasteiger partial charge in [0.25, 0.3) is 16.0 Å². The first-order valence-electron chi connectivity index (χ1n) is 10.6. The molecule has 1 aromatic heterocycles. The minimum atomic E-state index is -4.65. The van der Waals surface area contributed by atoms with E-state index in [9.17, 15) is 22.6 Å². The number of carbonyl (C=O) groups excluding carboxylic acids is 2. The number of hydrogen-bond acceptors (Lipinski definition) is 5. The number of rotatable bonds is 8. The number of hydrogen-bond donors (Lipinski definition) is 2. The highest BCUT2D eigenvalue weighted by molar-refractivity contribution is 7.86. The van der Waals surface area contributed by atoms with E-state index in [1.54, 1.807) is 66.7 Å². The lowest BCUT2D eigenvalue weighted by Gasteiger charge is -2.13. The van der Waals surface area contributed by atoms with Crippen LogP contribution in [0.1, 0.15) is 26.9 Å². The Kier molecular flexibility index (Phi) is 7.61. The first-order chi connectivity index (χ1) is 17.1. The van der Waals surface area contributed by atoms with E-state index in [4.69, 9.17) is 27.6 Å². The van der Waals surface area contributed by atoms with Crippen LogP contribution in [0.2, 0.25) is 10.0 Å². The van der Waals surface area contributed by atoms with Crippen molar-refractivity contribution in [3.05, 3.63) is 112 Å². The molecule has 184 valence electrons. The number of carbonyl (C=O) groups is 2. The summed E-state index contributed by atoms with van der Waals surface area (Å²) in [5.74, 6) is -0.702. The first-order valence-corrected chi connectivity index (χ1v) is 12.9. The van der Waals surface area contributed by atoms with E-state index in [0.29, 0.717) is 32.6 Å². The molecule has 0 saturated carbocycles. The minimum absolute atomic E-state index is 0.0640. The summed E-state index contributed by atoms with van der Waals surface area (Å²) in [5, 5.41) is 1.88. The van der Waals surface area contributed by atoms with Gasteiger partial charge in [-0.15, -0.1) is 0 Å². The summed E-state index contributed by atoms with van der Waals surface area (Å²) >= 11 is 12.1. The van der Waals surface area contributed by atoms with Gasteiger partial charge in [0.1, 0.15) is 5.76 Å². The number of nitrogens with one attached hydrogen (secondary N) is 1. The summed E-state index contributed by atoms with van der Waals surface area (Å²) in [6, 6.07) is 22.2. The second-order valence-corrected chi connectivity index (χ2v) is 10.2. The summed E-state index contributed by atoms with van der Waals surface area (Å²) < 4.78 is 39.0. The van der Waals surface area contributed by atoms with Crippen LogP contribution in [0, 0.1) is 0 Å². The molecule has 2 N–H and O–H groups in total. The molecular formula is C26H19Cl2NO6S. The predicted molar refractivity (Wildman–Crippen MR) is 138 cm³/mol. The number of anilines is 1. The molecule has 1 heterocycles. The van der Waals surface area contributed by atoms with Gasteiger partial charge in [-0.1, -0.05) is 65.7 Å². The highest BCUT2D eigenvalue weighted by atomic mass is 35.5. The van der Waals surface area contributed by atoms with Crippen molar-refractivity contribution in [1.29, 1.82) is 0 Å². The number of furan rings is 1. The molecule has 0 bridgehead atoms. The smallest absolute Gasteiger partial charge is 0.291 e. The molecule has 0 fully saturated rings. The molecule has 0 saturated heterocycles. The summed E-state index contributed by atoms with van der Waals surface area (Å²) in [5.41, 5.74) is 1.73. The number of amides is 1. The fraction of sp³-hybridized carbons (Fsp3) is 0.0769. The van der Waals surface area contributed by atoms with Crippen molar-refractivity contribution in [3.8, 4) is 11.3 Å². The minimum Gasteiger partial charge on any atom is -0.451 e. The molecule has 1 amide bonds. The number of Topliss-reactive ketones (excluding diaryl/α,β-unsaturated/α-hetero) is 1. The molecule has 0 aliphatic heterocycles. The Bertz CT molecular complexity index is 1520. The summed E-state index contributed by atoms with van der Waals surface area (Å²) in [6.07, 6.45) is -0.225. The predicted octanol–water partition coefficient (Wildman–Crippen LogP) is 6.25. The zero-order valence-electron chi connectivity index (χ0n) is 18.5. The third kappa shape index (κ3) is 6.03. The van der Waals surface area contributed by atoms with Crippen LogP contribution < -0.4 is 5.32 Å². The lowest BCUT2D eigenvalue weighted by atomic mass is 10.0. The van der Waals surface area contributed by atoms with Gasteiger partial charge in [0.05, 0.1) is 5.02 Å². The normalized spacial score (nSPS) is 12.2. The standard InChI is InChI=1S/C26H19Cl2NO6S/c27-18-8-11-20(21(28)15-18)23-12-13-24(35-23)26(31)29-19-9-6-16(7-10-19)14-22(30)25(36(32,33)34)17-4-2-1-3-5-17/h1-13,15,25H,14H2,(H,29,31)(H,32,33,34). The lowest BCUT2D eigenvalue weighted by Crippen LogP contribution is -2.23. The van der Waals surface area contributed by atoms with Crippen molar-refractivity contribution in [1.82, 2.24) is 0 Å². The number of benzene rings is 3. The molecular weight excluding hydrogens is 525 g/mol. The van der Waals surface area contributed by atoms with Gasteiger partial charge in [-0.2, -0.15) is 8.42 Å². The monoisotopic (exact) mass is 543 g/mol. The van der Waals surface area contributed by atoms with E-state index in [1.165, 1.54) is 18.2 Å². The quantitative estimate of drug-likeness (QED) is 0.254. The molecule has 3 aromatic carbocycles. The molecule has 36 heavy (non-hydrogen) atoms. The zero-order valence-corrected chi connectivity index (χ0v) is 20.8. The summed E-state index contributed by atoms with van der Waals surface area (Å²) in [7, 11) is -4.65. The second kappa shape index (κ2) is 10.7. The van der Waals surface area contributed by atoms with Crippen LogP contribution in [0.5, 0.6) is 0 Å². The van der Waals surface area contributed by atoms with Crippen molar-refractivity contribution in [2.45, 2.75) is 11.7 Å².